The Morgan fingerprint density at radius 2 is 1.96 bits per heavy atom. The number of rotatable bonds is 4. The average Bonchev–Trinajstić information content (AvgIpc) is 2.99. The molecule has 1 aromatic carbocycles. The summed E-state index contributed by atoms with van der Waals surface area (Å²) in [7, 11) is 0. The molecule has 2 N–H and O–H groups in total. The van der Waals surface area contributed by atoms with Gasteiger partial charge in [0.2, 0.25) is 5.82 Å². The molecule has 1 aromatic heterocycles. The van der Waals surface area contributed by atoms with Crippen molar-refractivity contribution in [2.24, 2.45) is 0 Å². The van der Waals surface area contributed by atoms with Crippen molar-refractivity contribution in [1.29, 1.82) is 0 Å². The van der Waals surface area contributed by atoms with Gasteiger partial charge in [0.1, 0.15) is 0 Å². The molecule has 3 rings (SSSR count). The Bertz CT molecular complexity index is 711. The fourth-order valence-corrected chi connectivity index (χ4v) is 1.97. The third-order valence-corrected chi connectivity index (χ3v) is 3.31. The van der Waals surface area contributed by atoms with Crippen LogP contribution < -0.4 is 10.6 Å². The van der Waals surface area contributed by atoms with Crippen LogP contribution in [0.25, 0.3) is 11.4 Å². The Morgan fingerprint density at radius 3 is 2.50 bits per heavy atom. The lowest BCUT2D eigenvalue weighted by molar-refractivity contribution is -0.159. The van der Waals surface area contributed by atoms with Crippen molar-refractivity contribution in [2.45, 2.75) is 18.8 Å². The maximum Gasteiger partial charge on any atom is 0.471 e. The number of carbonyl (C=O) groups excluding carboxylic acids is 1. The minimum atomic E-state index is -4.67. The van der Waals surface area contributed by atoms with Crippen molar-refractivity contribution < 1.29 is 27.2 Å². The monoisotopic (exact) mass is 342 g/mol. The molecule has 1 fully saturated rings. The number of nitrogens with one attached hydrogen (secondary N) is 2. The number of urea groups is 1. The molecule has 1 saturated heterocycles. The van der Waals surface area contributed by atoms with E-state index in [0.717, 1.165) is 5.56 Å². The van der Waals surface area contributed by atoms with Gasteiger partial charge in [-0.2, -0.15) is 18.2 Å². The molecule has 1 aliphatic heterocycles. The van der Waals surface area contributed by atoms with E-state index in [2.05, 4.69) is 25.3 Å². The summed E-state index contributed by atoms with van der Waals surface area (Å²) in [5, 5.41) is 8.71. The van der Waals surface area contributed by atoms with E-state index in [0.29, 0.717) is 18.8 Å². The van der Waals surface area contributed by atoms with Crippen molar-refractivity contribution >= 4 is 6.03 Å². The lowest BCUT2D eigenvalue weighted by Crippen LogP contribution is -2.51. The molecule has 1 aliphatic rings. The average molecular weight is 342 g/mol. The summed E-state index contributed by atoms with van der Waals surface area (Å²) < 4.78 is 46.4. The lowest BCUT2D eigenvalue weighted by Gasteiger charge is -2.26. The Hall–Kier alpha value is -2.62. The van der Waals surface area contributed by atoms with E-state index in [1.54, 1.807) is 24.3 Å². The topological polar surface area (TPSA) is 89.3 Å². The number of hydrogen-bond donors (Lipinski definition) is 2. The van der Waals surface area contributed by atoms with Gasteiger partial charge in [-0.05, 0) is 5.56 Å². The molecule has 7 nitrogen and oxygen atoms in total. The lowest BCUT2D eigenvalue weighted by atomic mass is 10.1. The first-order valence-corrected chi connectivity index (χ1v) is 7.04. The van der Waals surface area contributed by atoms with Gasteiger partial charge in [0.15, 0.2) is 0 Å². The second-order valence-corrected chi connectivity index (χ2v) is 5.18. The summed E-state index contributed by atoms with van der Waals surface area (Å²) in [6, 6.07) is 6.16. The first kappa shape index (κ1) is 16.2. The number of ether oxygens (including phenoxy) is 1. The Labute approximate surface area is 134 Å². The van der Waals surface area contributed by atoms with Gasteiger partial charge in [-0.25, -0.2) is 4.79 Å². The number of amides is 2. The van der Waals surface area contributed by atoms with Crippen LogP contribution in [0.3, 0.4) is 0 Å². The summed E-state index contributed by atoms with van der Waals surface area (Å²) in [6.07, 6.45) is -4.67. The Kier molecular flexibility index (Phi) is 4.38. The third-order valence-electron chi connectivity index (χ3n) is 3.31. The molecule has 0 unspecified atom stereocenters. The third kappa shape index (κ3) is 3.82. The van der Waals surface area contributed by atoms with Gasteiger partial charge in [0, 0.05) is 12.1 Å². The molecule has 0 atom stereocenters. The van der Waals surface area contributed by atoms with Crippen LogP contribution in [0.4, 0.5) is 18.0 Å². The van der Waals surface area contributed by atoms with Crippen LogP contribution in [0.15, 0.2) is 28.8 Å². The van der Waals surface area contributed by atoms with E-state index >= 15 is 0 Å². The van der Waals surface area contributed by atoms with Crippen LogP contribution in [-0.2, 0) is 17.5 Å². The van der Waals surface area contributed by atoms with Gasteiger partial charge in [-0.1, -0.05) is 29.4 Å². The molecule has 0 spiro atoms. The van der Waals surface area contributed by atoms with Crippen molar-refractivity contribution in [3.63, 3.8) is 0 Å². The van der Waals surface area contributed by atoms with Crippen molar-refractivity contribution in [1.82, 2.24) is 20.8 Å². The molecule has 10 heteroatoms. The zero-order valence-corrected chi connectivity index (χ0v) is 12.3. The molecule has 2 amide bonds. The van der Waals surface area contributed by atoms with E-state index in [-0.39, 0.29) is 24.4 Å². The van der Waals surface area contributed by atoms with Crippen molar-refractivity contribution in [2.75, 3.05) is 13.2 Å². The number of aromatic nitrogens is 2. The van der Waals surface area contributed by atoms with Crippen LogP contribution in [0, 0.1) is 0 Å². The molecule has 0 saturated carbocycles. The molecule has 2 heterocycles. The van der Waals surface area contributed by atoms with Crippen molar-refractivity contribution in [3.8, 4) is 11.4 Å². The summed E-state index contributed by atoms with van der Waals surface area (Å²) in [6.45, 7) is 1.29. The molecule has 24 heavy (non-hydrogen) atoms. The van der Waals surface area contributed by atoms with Gasteiger partial charge in [-0.3, -0.25) is 0 Å². The van der Waals surface area contributed by atoms with Gasteiger partial charge >= 0.3 is 18.1 Å². The minimum Gasteiger partial charge on any atom is -0.377 e. The highest BCUT2D eigenvalue weighted by atomic mass is 19.4. The maximum atomic E-state index is 12.4. The summed E-state index contributed by atoms with van der Waals surface area (Å²) in [4.78, 5) is 14.9. The van der Waals surface area contributed by atoms with Gasteiger partial charge in [0.05, 0.1) is 19.3 Å². The van der Waals surface area contributed by atoms with E-state index in [1.807, 2.05) is 0 Å². The second-order valence-electron chi connectivity index (χ2n) is 5.18. The smallest absolute Gasteiger partial charge is 0.377 e. The first-order valence-electron chi connectivity index (χ1n) is 7.04. The zero-order chi connectivity index (χ0) is 17.2. The largest absolute Gasteiger partial charge is 0.471 e. The van der Waals surface area contributed by atoms with Crippen molar-refractivity contribution in [3.05, 3.63) is 35.7 Å². The number of alkyl halides is 3. The first-order chi connectivity index (χ1) is 11.4. The number of carbonyl (C=O) groups is 1. The van der Waals surface area contributed by atoms with Crippen LogP contribution in [-0.4, -0.2) is 35.4 Å². The molecular formula is C14H13F3N4O3. The summed E-state index contributed by atoms with van der Waals surface area (Å²) in [5.74, 6) is -1.54. The summed E-state index contributed by atoms with van der Waals surface area (Å²) in [5.41, 5.74) is 1.16. The van der Waals surface area contributed by atoms with E-state index < -0.39 is 12.1 Å². The summed E-state index contributed by atoms with van der Waals surface area (Å²) >= 11 is 0. The Morgan fingerprint density at radius 1 is 1.25 bits per heavy atom. The number of hydrogen-bond acceptors (Lipinski definition) is 5. The fraction of sp³-hybridized carbons (Fsp3) is 0.357. The van der Waals surface area contributed by atoms with Gasteiger partial charge in [-0.15, -0.1) is 0 Å². The molecule has 0 aliphatic carbocycles. The Balaban J connectivity index is 1.56. The normalized spacial score (nSPS) is 15.0. The predicted molar refractivity (Wildman–Crippen MR) is 74.7 cm³/mol. The minimum absolute atomic E-state index is 0.0356. The number of halogens is 3. The SMILES string of the molecule is O=C(NCc1ccc(-c2noc(C(F)(F)F)n2)cc1)NC1COC1. The standard InChI is InChI=1S/C14H13F3N4O3/c15-14(16,17)12-20-11(21-24-12)9-3-1-8(2-4-9)5-18-13(22)19-10-6-23-7-10/h1-4,10H,5-7H2,(H2,18,19,22). The molecule has 0 radical (unpaired) electrons. The van der Waals surface area contributed by atoms with Gasteiger partial charge in [0.25, 0.3) is 0 Å². The van der Waals surface area contributed by atoms with E-state index in [1.165, 1.54) is 0 Å². The van der Waals surface area contributed by atoms with Crippen LogP contribution in [0.1, 0.15) is 11.5 Å². The molecule has 2 aromatic rings. The van der Waals surface area contributed by atoms with E-state index in [4.69, 9.17) is 4.74 Å². The van der Waals surface area contributed by atoms with Crippen LogP contribution in [0.2, 0.25) is 0 Å². The number of benzene rings is 1. The predicted octanol–water partition coefficient (Wildman–Crippen LogP) is 1.95. The highest BCUT2D eigenvalue weighted by Gasteiger charge is 2.38. The fourth-order valence-electron chi connectivity index (χ4n) is 1.97. The number of nitrogens with zero attached hydrogens (tertiary/aromatic N) is 2. The molecule has 0 bridgehead atoms. The van der Waals surface area contributed by atoms with Crippen LogP contribution in [0.5, 0.6) is 0 Å². The quantitative estimate of drug-likeness (QED) is 0.887. The second kappa shape index (κ2) is 6.48. The zero-order valence-electron chi connectivity index (χ0n) is 12.3. The maximum absolute atomic E-state index is 12.4. The molecule has 128 valence electrons. The van der Waals surface area contributed by atoms with Crippen LogP contribution >= 0.6 is 0 Å². The highest BCUT2D eigenvalue weighted by Crippen LogP contribution is 2.29. The van der Waals surface area contributed by atoms with Gasteiger partial charge < -0.3 is 19.9 Å². The highest BCUT2D eigenvalue weighted by molar-refractivity contribution is 5.74. The van der Waals surface area contributed by atoms with E-state index in [9.17, 15) is 18.0 Å². The molecular weight excluding hydrogens is 329 g/mol.